The van der Waals surface area contributed by atoms with E-state index >= 15 is 0 Å². The van der Waals surface area contributed by atoms with Crippen LogP contribution in [0.5, 0.6) is 0 Å². The second-order valence-electron chi connectivity index (χ2n) is 9.22. The highest BCUT2D eigenvalue weighted by atomic mass is 16.2. The summed E-state index contributed by atoms with van der Waals surface area (Å²) in [5.41, 5.74) is 1.28. The molecule has 1 saturated heterocycles. The first-order valence-corrected chi connectivity index (χ1v) is 11.8. The summed E-state index contributed by atoms with van der Waals surface area (Å²) in [6.07, 6.45) is 5.22. The number of likely N-dealkylation sites (N-methyl/N-ethyl adjacent to an activating group) is 1. The summed E-state index contributed by atoms with van der Waals surface area (Å²) in [7, 11) is 2.11. The maximum absolute atomic E-state index is 12.8. The second-order valence-corrected chi connectivity index (χ2v) is 9.22. The molecule has 1 aromatic carbocycles. The van der Waals surface area contributed by atoms with Gasteiger partial charge in [-0.15, -0.1) is 0 Å². The summed E-state index contributed by atoms with van der Waals surface area (Å²) < 4.78 is 0. The van der Waals surface area contributed by atoms with Crippen LogP contribution < -0.4 is 10.6 Å². The quantitative estimate of drug-likeness (QED) is 0.267. The highest BCUT2D eigenvalue weighted by Crippen LogP contribution is 2.52. The van der Waals surface area contributed by atoms with Crippen LogP contribution in [0.1, 0.15) is 25.8 Å². The number of benzene rings is 1. The van der Waals surface area contributed by atoms with Gasteiger partial charge in [-0.3, -0.25) is 24.4 Å². The highest BCUT2D eigenvalue weighted by Gasteiger charge is 2.58. The third-order valence-electron chi connectivity index (χ3n) is 7.07. The first-order valence-electron chi connectivity index (χ1n) is 11.8. The van der Waals surface area contributed by atoms with Gasteiger partial charge in [-0.2, -0.15) is 0 Å². The van der Waals surface area contributed by atoms with Crippen molar-refractivity contribution in [3.05, 3.63) is 48.0 Å². The van der Waals surface area contributed by atoms with Crippen LogP contribution in [0, 0.1) is 23.7 Å². The first kappa shape index (κ1) is 22.5. The molecule has 3 aliphatic rings. The van der Waals surface area contributed by atoms with Gasteiger partial charge < -0.3 is 10.6 Å². The van der Waals surface area contributed by atoms with Crippen LogP contribution in [0.3, 0.4) is 0 Å². The van der Waals surface area contributed by atoms with Gasteiger partial charge in [-0.25, -0.2) is 0 Å². The largest absolute Gasteiger partial charge is 0.357 e. The van der Waals surface area contributed by atoms with E-state index in [2.05, 4.69) is 65.9 Å². The van der Waals surface area contributed by atoms with Gasteiger partial charge in [-0.05, 0) is 44.7 Å². The Morgan fingerprint density at radius 1 is 1.12 bits per heavy atom. The number of carbonyl (C=O) groups excluding carboxylic acids is 2. The summed E-state index contributed by atoms with van der Waals surface area (Å²) in [5, 5.41) is 6.56. The van der Waals surface area contributed by atoms with E-state index in [-0.39, 0.29) is 41.5 Å². The van der Waals surface area contributed by atoms with E-state index in [9.17, 15) is 9.59 Å². The SMILES string of the molecule is CCNC(=NCC(C)N(C)Cc1ccccc1)NCCN1C(=O)C2C3C=CC(C3)C2C1=O. The Balaban J connectivity index is 1.27. The molecule has 2 fully saturated rings. The molecule has 0 radical (unpaired) electrons. The molecule has 5 unspecified atom stereocenters. The van der Waals surface area contributed by atoms with E-state index in [0.717, 1.165) is 19.5 Å². The van der Waals surface area contributed by atoms with Gasteiger partial charge in [0.25, 0.3) is 0 Å². The zero-order chi connectivity index (χ0) is 22.7. The molecular formula is C25H35N5O2. The Bertz CT molecular complexity index is 854. The van der Waals surface area contributed by atoms with Crippen molar-refractivity contribution in [1.29, 1.82) is 0 Å². The molecule has 2 bridgehead atoms. The maximum atomic E-state index is 12.8. The predicted octanol–water partition coefficient (Wildman–Crippen LogP) is 1.87. The van der Waals surface area contributed by atoms with Crippen molar-refractivity contribution in [2.24, 2.45) is 28.7 Å². The molecule has 1 saturated carbocycles. The Morgan fingerprint density at radius 2 is 1.78 bits per heavy atom. The number of imide groups is 1. The van der Waals surface area contributed by atoms with Gasteiger partial charge in [0, 0.05) is 32.2 Å². The van der Waals surface area contributed by atoms with Crippen molar-refractivity contribution in [2.75, 3.05) is 33.2 Å². The Labute approximate surface area is 190 Å². The molecule has 5 atom stereocenters. The number of hydrogen-bond donors (Lipinski definition) is 2. The lowest BCUT2D eigenvalue weighted by molar-refractivity contribution is -0.140. The molecule has 32 heavy (non-hydrogen) atoms. The number of nitrogens with one attached hydrogen (secondary N) is 2. The molecule has 0 aromatic heterocycles. The molecule has 172 valence electrons. The van der Waals surface area contributed by atoms with E-state index in [1.807, 2.05) is 13.0 Å². The molecule has 7 nitrogen and oxygen atoms in total. The number of carbonyl (C=O) groups is 2. The number of guanidine groups is 1. The van der Waals surface area contributed by atoms with E-state index < -0.39 is 0 Å². The fourth-order valence-corrected chi connectivity index (χ4v) is 5.20. The maximum Gasteiger partial charge on any atom is 0.233 e. The molecule has 4 rings (SSSR count). The van der Waals surface area contributed by atoms with Gasteiger partial charge in [0.2, 0.25) is 11.8 Å². The van der Waals surface area contributed by atoms with E-state index in [1.54, 1.807) is 0 Å². The minimum absolute atomic E-state index is 0.0109. The third-order valence-corrected chi connectivity index (χ3v) is 7.07. The van der Waals surface area contributed by atoms with Gasteiger partial charge in [0.1, 0.15) is 0 Å². The molecule has 1 heterocycles. The standard InChI is InChI=1S/C25H35N5O2/c1-4-26-25(28-15-17(2)29(3)16-18-8-6-5-7-9-18)27-12-13-30-23(31)21-19-10-11-20(14-19)22(21)24(30)32/h5-11,17,19-22H,4,12-16H2,1-3H3,(H2,26,27,28). The molecule has 1 aromatic rings. The number of likely N-dealkylation sites (tertiary alicyclic amines) is 1. The average molecular weight is 438 g/mol. The molecule has 7 heteroatoms. The van der Waals surface area contributed by atoms with Crippen LogP contribution in [-0.2, 0) is 16.1 Å². The zero-order valence-electron chi connectivity index (χ0n) is 19.3. The van der Waals surface area contributed by atoms with Crippen molar-refractivity contribution in [3.63, 3.8) is 0 Å². The molecule has 2 N–H and O–H groups in total. The van der Waals surface area contributed by atoms with Gasteiger partial charge >= 0.3 is 0 Å². The topological polar surface area (TPSA) is 77.0 Å². The smallest absolute Gasteiger partial charge is 0.233 e. The number of hydrogen-bond acceptors (Lipinski definition) is 4. The van der Waals surface area contributed by atoms with Gasteiger partial charge in [0.05, 0.1) is 18.4 Å². The average Bonchev–Trinajstić information content (AvgIpc) is 3.47. The Morgan fingerprint density at radius 3 is 2.41 bits per heavy atom. The second kappa shape index (κ2) is 9.86. The lowest BCUT2D eigenvalue weighted by atomic mass is 9.85. The number of allylic oxidation sites excluding steroid dienone is 2. The lowest BCUT2D eigenvalue weighted by Gasteiger charge is -2.24. The zero-order valence-corrected chi connectivity index (χ0v) is 19.3. The highest BCUT2D eigenvalue weighted by molar-refractivity contribution is 6.06. The van der Waals surface area contributed by atoms with Crippen LogP contribution in [0.25, 0.3) is 0 Å². The number of aliphatic imine (C=N–C) groups is 1. The van der Waals surface area contributed by atoms with Crippen molar-refractivity contribution >= 4 is 17.8 Å². The minimum Gasteiger partial charge on any atom is -0.357 e. The number of rotatable bonds is 9. The van der Waals surface area contributed by atoms with Crippen molar-refractivity contribution in [1.82, 2.24) is 20.4 Å². The number of amides is 2. The Kier molecular flexibility index (Phi) is 6.94. The normalized spacial score (nSPS) is 27.4. The van der Waals surface area contributed by atoms with Crippen LogP contribution >= 0.6 is 0 Å². The minimum atomic E-state index is -0.125. The number of fused-ring (bicyclic) bond motifs is 5. The van der Waals surface area contributed by atoms with E-state index in [0.29, 0.717) is 25.6 Å². The number of nitrogens with zero attached hydrogens (tertiary/aromatic N) is 3. The lowest BCUT2D eigenvalue weighted by Crippen LogP contribution is -2.44. The van der Waals surface area contributed by atoms with Crippen LogP contribution in [0.4, 0.5) is 0 Å². The van der Waals surface area contributed by atoms with Crippen molar-refractivity contribution in [3.8, 4) is 0 Å². The summed E-state index contributed by atoms with van der Waals surface area (Å²) in [5.74, 6) is 1.00. The van der Waals surface area contributed by atoms with E-state index in [4.69, 9.17) is 4.99 Å². The third kappa shape index (κ3) is 4.58. The Hall–Kier alpha value is -2.67. The van der Waals surface area contributed by atoms with E-state index in [1.165, 1.54) is 10.5 Å². The van der Waals surface area contributed by atoms with Crippen molar-refractivity contribution in [2.45, 2.75) is 32.9 Å². The summed E-state index contributed by atoms with van der Waals surface area (Å²) in [6, 6.07) is 10.7. The molecule has 2 amide bonds. The van der Waals surface area contributed by atoms with Gasteiger partial charge in [-0.1, -0.05) is 42.5 Å². The monoisotopic (exact) mass is 437 g/mol. The molecular weight excluding hydrogens is 402 g/mol. The fourth-order valence-electron chi connectivity index (χ4n) is 5.20. The summed E-state index contributed by atoms with van der Waals surface area (Å²) in [6.45, 7) is 7.36. The first-order chi connectivity index (χ1) is 15.5. The summed E-state index contributed by atoms with van der Waals surface area (Å²) in [4.78, 5) is 34.1. The molecule has 2 aliphatic carbocycles. The van der Waals surface area contributed by atoms with Crippen LogP contribution in [0.15, 0.2) is 47.5 Å². The van der Waals surface area contributed by atoms with Crippen LogP contribution in [0.2, 0.25) is 0 Å². The molecule has 1 aliphatic heterocycles. The predicted molar refractivity (Wildman–Crippen MR) is 126 cm³/mol. The van der Waals surface area contributed by atoms with Crippen LogP contribution in [-0.4, -0.2) is 66.8 Å². The summed E-state index contributed by atoms with van der Waals surface area (Å²) >= 11 is 0. The van der Waals surface area contributed by atoms with Gasteiger partial charge in [0.15, 0.2) is 5.96 Å². The molecule has 0 spiro atoms. The van der Waals surface area contributed by atoms with Crippen molar-refractivity contribution < 1.29 is 9.59 Å². The fraction of sp³-hybridized carbons (Fsp3) is 0.560.